The van der Waals surface area contributed by atoms with E-state index in [4.69, 9.17) is 0 Å². The number of rotatable bonds is 2. The zero-order valence-corrected chi connectivity index (χ0v) is 16.0. The molecule has 0 aromatic rings. The second kappa shape index (κ2) is 5.79. The van der Waals surface area contributed by atoms with Crippen LogP contribution in [0.4, 0.5) is 0 Å². The van der Waals surface area contributed by atoms with Crippen LogP contribution in [-0.4, -0.2) is 28.1 Å². The molecule has 0 aromatic heterocycles. The number of carbonyl (C=O) groups excluding carboxylic acids is 1. The van der Waals surface area contributed by atoms with Crippen LogP contribution in [0.2, 0.25) is 0 Å². The van der Waals surface area contributed by atoms with Gasteiger partial charge in [0.1, 0.15) is 0 Å². The Hall–Kier alpha value is -1.42. The smallest absolute Gasteiger partial charge is 0.332 e. The van der Waals surface area contributed by atoms with E-state index in [1.54, 1.807) is 0 Å². The topological polar surface area (TPSA) is 74.6 Å². The molecule has 2 N–H and O–H groups in total. The third-order valence-corrected chi connectivity index (χ3v) is 8.58. The third kappa shape index (κ3) is 2.24. The van der Waals surface area contributed by atoms with Crippen LogP contribution >= 0.6 is 0 Å². The van der Waals surface area contributed by atoms with Crippen molar-refractivity contribution in [3.05, 3.63) is 23.3 Å². The van der Waals surface area contributed by atoms with Crippen molar-refractivity contribution in [2.24, 2.45) is 34.5 Å². The number of hydrogen-bond acceptors (Lipinski definition) is 3. The minimum absolute atomic E-state index is 0.0261. The van der Waals surface area contributed by atoms with Gasteiger partial charge in [0.2, 0.25) is 0 Å². The van der Waals surface area contributed by atoms with Gasteiger partial charge in [-0.3, -0.25) is 4.79 Å². The Morgan fingerprint density at radius 3 is 2.69 bits per heavy atom. The molecule has 2 unspecified atom stereocenters. The summed E-state index contributed by atoms with van der Waals surface area (Å²) in [7, 11) is 0. The number of aliphatic carboxylic acids is 1. The number of hydrogen-bond donors (Lipinski definition) is 2. The van der Waals surface area contributed by atoms with Gasteiger partial charge in [-0.25, -0.2) is 4.79 Å². The quantitative estimate of drug-likeness (QED) is 0.737. The first-order valence-corrected chi connectivity index (χ1v) is 10.0. The molecule has 4 heteroatoms. The van der Waals surface area contributed by atoms with Gasteiger partial charge < -0.3 is 10.2 Å². The molecule has 2 saturated carbocycles. The fourth-order valence-electron chi connectivity index (χ4n) is 6.94. The molecule has 0 amide bonds. The van der Waals surface area contributed by atoms with Crippen LogP contribution in [0.5, 0.6) is 0 Å². The van der Waals surface area contributed by atoms with Crippen LogP contribution < -0.4 is 0 Å². The van der Waals surface area contributed by atoms with Crippen LogP contribution in [0.1, 0.15) is 59.3 Å². The van der Waals surface area contributed by atoms with E-state index in [1.165, 1.54) is 11.1 Å². The highest BCUT2D eigenvalue weighted by Gasteiger charge is 2.58. The van der Waals surface area contributed by atoms with Crippen molar-refractivity contribution in [1.82, 2.24) is 0 Å². The zero-order valence-electron chi connectivity index (χ0n) is 16.0. The second-order valence-corrected chi connectivity index (χ2v) is 9.53. The summed E-state index contributed by atoms with van der Waals surface area (Å²) in [6.07, 6.45) is 8.24. The van der Waals surface area contributed by atoms with Crippen LogP contribution in [0.3, 0.4) is 0 Å². The summed E-state index contributed by atoms with van der Waals surface area (Å²) in [6, 6.07) is 0. The van der Waals surface area contributed by atoms with Crippen LogP contribution in [0.15, 0.2) is 23.3 Å². The average molecular weight is 358 g/mol. The molecule has 0 aliphatic heterocycles. The van der Waals surface area contributed by atoms with Crippen molar-refractivity contribution in [2.45, 2.75) is 65.4 Å². The van der Waals surface area contributed by atoms with Crippen molar-refractivity contribution < 1.29 is 19.8 Å². The lowest BCUT2D eigenvalue weighted by molar-refractivity contribution is -0.152. The molecule has 0 heterocycles. The summed E-state index contributed by atoms with van der Waals surface area (Å²) in [4.78, 5) is 23.5. The maximum atomic E-state index is 12.1. The molecule has 0 spiro atoms. The van der Waals surface area contributed by atoms with Crippen LogP contribution in [0, 0.1) is 34.5 Å². The number of fused-ring (bicyclic) bond motifs is 5. The van der Waals surface area contributed by atoms with Gasteiger partial charge in [0.15, 0.2) is 11.9 Å². The van der Waals surface area contributed by atoms with E-state index in [1.807, 2.05) is 6.08 Å². The summed E-state index contributed by atoms with van der Waals surface area (Å²) in [5.41, 5.74) is 2.62. The Bertz CT molecular complexity index is 720. The lowest BCUT2D eigenvalue weighted by atomic mass is 9.49. The van der Waals surface area contributed by atoms with Gasteiger partial charge in [-0.15, -0.1) is 0 Å². The van der Waals surface area contributed by atoms with E-state index in [0.717, 1.165) is 32.1 Å². The summed E-state index contributed by atoms with van der Waals surface area (Å²) < 4.78 is 0. The van der Waals surface area contributed by atoms with Crippen molar-refractivity contribution in [2.75, 3.05) is 0 Å². The van der Waals surface area contributed by atoms with Gasteiger partial charge in [-0.2, -0.15) is 0 Å². The molecular weight excluding hydrogens is 328 g/mol. The standard InChI is InChI=1S/C22H30O4/c1-12-10-14(23)11-13-4-5-15-16-6-7-18(19(24)20(25)26)21(16,2)9-8-17(15)22(12,13)3/h8,11-12,15-16,18-19,24H,4-7,9-10H2,1-3H3,(H,25,26)/t12?,15-,16-,18+,19?,21-,22-/m0/s1. The minimum atomic E-state index is -1.26. The Kier molecular flexibility index (Phi) is 4.00. The lowest BCUT2D eigenvalue weighted by Gasteiger charge is -2.55. The molecule has 4 aliphatic carbocycles. The summed E-state index contributed by atoms with van der Waals surface area (Å²) in [6.45, 7) is 6.71. The molecule has 7 atom stereocenters. The highest BCUT2D eigenvalue weighted by atomic mass is 16.4. The lowest BCUT2D eigenvalue weighted by Crippen LogP contribution is -2.48. The predicted molar refractivity (Wildman–Crippen MR) is 98.4 cm³/mol. The van der Waals surface area contributed by atoms with E-state index < -0.39 is 12.1 Å². The number of aliphatic hydroxyl groups is 1. The predicted octanol–water partition coefficient (Wildman–Crippen LogP) is 3.75. The van der Waals surface area contributed by atoms with Gasteiger partial charge in [0, 0.05) is 17.8 Å². The molecular formula is C22H30O4. The van der Waals surface area contributed by atoms with Gasteiger partial charge in [-0.1, -0.05) is 38.0 Å². The Morgan fingerprint density at radius 1 is 1.27 bits per heavy atom. The molecule has 4 nitrogen and oxygen atoms in total. The van der Waals surface area contributed by atoms with E-state index in [0.29, 0.717) is 24.2 Å². The van der Waals surface area contributed by atoms with Gasteiger partial charge in [0.05, 0.1) is 0 Å². The minimum Gasteiger partial charge on any atom is -0.479 e. The third-order valence-electron chi connectivity index (χ3n) is 8.58. The fourth-order valence-corrected chi connectivity index (χ4v) is 6.94. The van der Waals surface area contributed by atoms with Gasteiger partial charge in [0.25, 0.3) is 0 Å². The van der Waals surface area contributed by atoms with Crippen molar-refractivity contribution in [1.29, 1.82) is 0 Å². The van der Waals surface area contributed by atoms with E-state index >= 15 is 0 Å². The average Bonchev–Trinajstić information content (AvgIpc) is 2.92. The number of carboxylic acid groups (broad SMARTS) is 1. The molecule has 0 saturated heterocycles. The van der Waals surface area contributed by atoms with E-state index in [-0.39, 0.29) is 22.5 Å². The van der Waals surface area contributed by atoms with Crippen molar-refractivity contribution in [3.8, 4) is 0 Å². The highest BCUT2D eigenvalue weighted by Crippen LogP contribution is 2.65. The zero-order chi connectivity index (χ0) is 18.9. The highest BCUT2D eigenvalue weighted by molar-refractivity contribution is 5.92. The first-order chi connectivity index (χ1) is 12.2. The number of ketones is 1. The number of carboxylic acids is 1. The Labute approximate surface area is 155 Å². The molecule has 2 fully saturated rings. The number of aliphatic hydroxyl groups excluding tert-OH is 1. The molecule has 4 rings (SSSR count). The maximum Gasteiger partial charge on any atom is 0.332 e. The normalized spacial score (nSPS) is 45.8. The van der Waals surface area contributed by atoms with Crippen molar-refractivity contribution >= 4 is 11.8 Å². The number of allylic oxidation sites excluding steroid dienone is 4. The van der Waals surface area contributed by atoms with E-state index in [9.17, 15) is 19.8 Å². The summed E-state index contributed by atoms with van der Waals surface area (Å²) >= 11 is 0. The maximum absolute atomic E-state index is 12.1. The SMILES string of the molecule is CC1CC(=O)C=C2CC[C@@H]3C(=CC[C@]4(C)[C@@H](C(O)C(=O)O)CC[C@@H]34)[C@]21C. The molecule has 0 bridgehead atoms. The second-order valence-electron chi connectivity index (χ2n) is 9.53. The number of carbonyl (C=O) groups is 2. The summed E-state index contributed by atoms with van der Waals surface area (Å²) in [5, 5.41) is 19.6. The van der Waals surface area contributed by atoms with Gasteiger partial charge >= 0.3 is 5.97 Å². The largest absolute Gasteiger partial charge is 0.479 e. The van der Waals surface area contributed by atoms with Gasteiger partial charge in [-0.05, 0) is 61.3 Å². The molecule has 142 valence electrons. The molecule has 0 radical (unpaired) electrons. The fraction of sp³-hybridized carbons (Fsp3) is 0.727. The molecule has 4 aliphatic rings. The first-order valence-electron chi connectivity index (χ1n) is 10.0. The Morgan fingerprint density at radius 2 is 2.00 bits per heavy atom. The Balaban J connectivity index is 1.73. The molecule has 0 aromatic carbocycles. The monoisotopic (exact) mass is 358 g/mol. The van der Waals surface area contributed by atoms with Crippen molar-refractivity contribution in [3.63, 3.8) is 0 Å². The summed E-state index contributed by atoms with van der Waals surface area (Å²) in [5.74, 6) is 0.206. The first kappa shape index (κ1) is 18.0. The van der Waals surface area contributed by atoms with E-state index in [2.05, 4.69) is 26.8 Å². The molecule has 26 heavy (non-hydrogen) atoms. The van der Waals surface area contributed by atoms with Crippen LogP contribution in [-0.2, 0) is 9.59 Å². The van der Waals surface area contributed by atoms with Crippen LogP contribution in [0.25, 0.3) is 0 Å².